The van der Waals surface area contributed by atoms with Crippen LogP contribution in [0.5, 0.6) is 0 Å². The number of hydrogen-bond donors (Lipinski definition) is 2. The number of fused-ring (bicyclic) bond motifs is 2. The van der Waals surface area contributed by atoms with E-state index in [0.29, 0.717) is 10.6 Å². The zero-order valence-corrected chi connectivity index (χ0v) is 16.0. The van der Waals surface area contributed by atoms with Gasteiger partial charge in [-0.2, -0.15) is 0 Å². The molecule has 1 aliphatic carbocycles. The predicted molar refractivity (Wildman–Crippen MR) is 107 cm³/mol. The Morgan fingerprint density at radius 3 is 2.75 bits per heavy atom. The Kier molecular flexibility index (Phi) is 4.25. The van der Waals surface area contributed by atoms with E-state index >= 15 is 0 Å². The Labute approximate surface area is 168 Å². The van der Waals surface area contributed by atoms with E-state index in [2.05, 4.69) is 15.6 Å². The van der Waals surface area contributed by atoms with E-state index in [1.165, 1.54) is 0 Å². The molecule has 144 valence electrons. The Hall–Kier alpha value is -2.57. The molecule has 2 amide bonds. The number of hydrazine groups is 1. The van der Waals surface area contributed by atoms with Gasteiger partial charge in [0, 0.05) is 17.5 Å². The fourth-order valence-corrected chi connectivity index (χ4v) is 4.77. The maximum atomic E-state index is 13.1. The summed E-state index contributed by atoms with van der Waals surface area (Å²) in [5, 5.41) is 5.53. The second-order valence-corrected chi connectivity index (χ2v) is 8.00. The molecule has 0 radical (unpaired) electrons. The lowest BCUT2D eigenvalue weighted by atomic mass is 9.87. The van der Waals surface area contributed by atoms with Crippen molar-refractivity contribution < 1.29 is 9.59 Å². The van der Waals surface area contributed by atoms with Crippen LogP contribution in [0.25, 0.3) is 0 Å². The van der Waals surface area contributed by atoms with Gasteiger partial charge >= 0.3 is 0 Å². The summed E-state index contributed by atoms with van der Waals surface area (Å²) < 4.78 is 0. The second kappa shape index (κ2) is 6.79. The first kappa shape index (κ1) is 17.5. The molecule has 2 fully saturated rings. The minimum atomic E-state index is -0.344. The second-order valence-electron chi connectivity index (χ2n) is 7.56. The Bertz CT molecular complexity index is 910. The zero-order valence-electron chi connectivity index (χ0n) is 15.2. The quantitative estimate of drug-likeness (QED) is 0.803. The van der Waals surface area contributed by atoms with E-state index in [-0.39, 0.29) is 36.0 Å². The molecule has 0 aromatic heterocycles. The van der Waals surface area contributed by atoms with E-state index in [9.17, 15) is 9.59 Å². The van der Waals surface area contributed by atoms with Gasteiger partial charge in [0.25, 0.3) is 11.8 Å². The summed E-state index contributed by atoms with van der Waals surface area (Å²) in [6, 6.07) is 9.34. The molecule has 0 bridgehead atoms. The minimum Gasteiger partial charge on any atom is -0.345 e. The van der Waals surface area contributed by atoms with Gasteiger partial charge in [-0.1, -0.05) is 42.0 Å². The fraction of sp³-hybridized carbons (Fsp3) is 0.333. The van der Waals surface area contributed by atoms with Gasteiger partial charge in [-0.3, -0.25) is 24.9 Å². The number of nitrogens with one attached hydrogen (secondary N) is 2. The minimum absolute atomic E-state index is 0.0143. The largest absolute Gasteiger partial charge is 0.345 e. The van der Waals surface area contributed by atoms with E-state index in [4.69, 9.17) is 11.6 Å². The lowest BCUT2D eigenvalue weighted by Gasteiger charge is -2.47. The Morgan fingerprint density at radius 1 is 1.11 bits per heavy atom. The highest BCUT2D eigenvalue weighted by Gasteiger charge is 2.47. The Balaban J connectivity index is 1.57. The third-order valence-electron chi connectivity index (χ3n) is 5.86. The number of carbonyl (C=O) groups excluding carboxylic acids is 2. The highest BCUT2D eigenvalue weighted by molar-refractivity contribution is 6.31. The van der Waals surface area contributed by atoms with Crippen LogP contribution in [-0.4, -0.2) is 41.5 Å². The summed E-state index contributed by atoms with van der Waals surface area (Å²) in [5.74, 6) is -0.0870. The Morgan fingerprint density at radius 2 is 1.93 bits per heavy atom. The molecule has 2 N–H and O–H groups in total. The van der Waals surface area contributed by atoms with Crippen LogP contribution in [0.1, 0.15) is 12.8 Å². The van der Waals surface area contributed by atoms with E-state index < -0.39 is 0 Å². The lowest BCUT2D eigenvalue weighted by Crippen LogP contribution is -2.68. The average molecular weight is 397 g/mol. The standard InChI is InChI=1S/C21H21ClN4O2/c22-14-9-8-13-11-16(19(27)23-17(13)12-14)21-25-10-4-7-18(25)20(28)24-26(21)15-5-2-1-3-6-15/h1-3,5-6,8-9,11-13,17-18,21H,4,7,10H2,(H,23,27)(H,24,28)/t13?,17?,18-,21?/m0/s1. The lowest BCUT2D eigenvalue weighted by molar-refractivity contribution is -0.130. The number of rotatable bonds is 2. The first-order valence-corrected chi connectivity index (χ1v) is 9.98. The number of para-hydroxylation sites is 1. The van der Waals surface area contributed by atoms with Crippen molar-refractivity contribution in [3.63, 3.8) is 0 Å². The number of nitrogens with zero attached hydrogens (tertiary/aromatic N) is 2. The monoisotopic (exact) mass is 396 g/mol. The first-order chi connectivity index (χ1) is 13.6. The van der Waals surface area contributed by atoms with Crippen molar-refractivity contribution in [1.29, 1.82) is 0 Å². The summed E-state index contributed by atoms with van der Waals surface area (Å²) in [5.41, 5.74) is 4.54. The van der Waals surface area contributed by atoms with Gasteiger partial charge in [0.1, 0.15) is 6.17 Å². The van der Waals surface area contributed by atoms with Crippen molar-refractivity contribution >= 4 is 29.1 Å². The van der Waals surface area contributed by atoms with Crippen LogP contribution in [0, 0.1) is 5.92 Å². The van der Waals surface area contributed by atoms with Crippen LogP contribution in [0.2, 0.25) is 0 Å². The maximum absolute atomic E-state index is 13.1. The van der Waals surface area contributed by atoms with Crippen molar-refractivity contribution in [1.82, 2.24) is 15.6 Å². The topological polar surface area (TPSA) is 64.7 Å². The molecule has 7 heteroatoms. The number of allylic oxidation sites excluding steroid dienone is 2. The van der Waals surface area contributed by atoms with Crippen LogP contribution in [0.3, 0.4) is 0 Å². The molecule has 4 aliphatic rings. The van der Waals surface area contributed by atoms with Crippen LogP contribution in [0.15, 0.2) is 65.2 Å². The van der Waals surface area contributed by atoms with E-state index in [1.54, 1.807) is 0 Å². The highest BCUT2D eigenvalue weighted by atomic mass is 35.5. The molecule has 1 aromatic carbocycles. The number of halogens is 1. The molecule has 2 saturated heterocycles. The van der Waals surface area contributed by atoms with Gasteiger partial charge in [-0.15, -0.1) is 0 Å². The van der Waals surface area contributed by atoms with Gasteiger partial charge in [0.05, 0.1) is 23.3 Å². The zero-order chi connectivity index (χ0) is 19.3. The third kappa shape index (κ3) is 2.84. The first-order valence-electron chi connectivity index (χ1n) is 9.60. The van der Waals surface area contributed by atoms with E-state index in [1.807, 2.05) is 59.6 Å². The summed E-state index contributed by atoms with van der Waals surface area (Å²) in [4.78, 5) is 27.9. The highest BCUT2D eigenvalue weighted by Crippen LogP contribution is 2.35. The fourth-order valence-electron chi connectivity index (χ4n) is 4.56. The van der Waals surface area contributed by atoms with Crippen LogP contribution in [0.4, 0.5) is 5.69 Å². The average Bonchev–Trinajstić information content (AvgIpc) is 3.19. The molecule has 3 unspecified atom stereocenters. The summed E-state index contributed by atoms with van der Waals surface area (Å²) >= 11 is 6.10. The smallest absolute Gasteiger partial charge is 0.255 e. The third-order valence-corrected chi connectivity index (χ3v) is 6.11. The molecule has 5 rings (SSSR count). The van der Waals surface area contributed by atoms with E-state index in [0.717, 1.165) is 25.1 Å². The number of hydrogen-bond acceptors (Lipinski definition) is 4. The number of amides is 2. The molecule has 28 heavy (non-hydrogen) atoms. The number of anilines is 1. The SMILES string of the molecule is O=C1NC2C=C(Cl)C=CC2C=C1C1N(c2ccccc2)NC(=O)[C@@H]2CCCN12. The number of carbonyl (C=O) groups is 2. The van der Waals surface area contributed by atoms with Crippen LogP contribution in [-0.2, 0) is 9.59 Å². The molecule has 4 atom stereocenters. The summed E-state index contributed by atoms with van der Waals surface area (Å²) in [7, 11) is 0. The molecule has 6 nitrogen and oxygen atoms in total. The summed E-state index contributed by atoms with van der Waals surface area (Å²) in [6.07, 6.45) is 9.18. The van der Waals surface area contributed by atoms with Crippen molar-refractivity contribution in [2.45, 2.75) is 31.1 Å². The van der Waals surface area contributed by atoms with Gasteiger partial charge in [0.2, 0.25) is 0 Å². The van der Waals surface area contributed by atoms with Crippen LogP contribution < -0.4 is 15.8 Å². The predicted octanol–water partition coefficient (Wildman–Crippen LogP) is 2.06. The molecule has 3 aliphatic heterocycles. The van der Waals surface area contributed by atoms with Gasteiger partial charge in [0.15, 0.2) is 0 Å². The molecule has 0 spiro atoms. The normalized spacial score (nSPS) is 32.1. The molecular weight excluding hydrogens is 376 g/mol. The van der Waals surface area contributed by atoms with Gasteiger partial charge in [-0.25, -0.2) is 0 Å². The van der Waals surface area contributed by atoms with Gasteiger partial charge < -0.3 is 5.32 Å². The molecular formula is C21H21ClN4O2. The van der Waals surface area contributed by atoms with Crippen molar-refractivity contribution in [3.8, 4) is 0 Å². The van der Waals surface area contributed by atoms with Crippen molar-refractivity contribution in [2.24, 2.45) is 5.92 Å². The molecule has 1 aromatic rings. The number of benzene rings is 1. The van der Waals surface area contributed by atoms with Crippen molar-refractivity contribution in [2.75, 3.05) is 11.6 Å². The maximum Gasteiger partial charge on any atom is 0.255 e. The summed E-state index contributed by atoms with van der Waals surface area (Å²) in [6.45, 7) is 0.784. The molecule has 0 saturated carbocycles. The van der Waals surface area contributed by atoms with Gasteiger partial charge in [-0.05, 0) is 37.1 Å². The van der Waals surface area contributed by atoms with Crippen molar-refractivity contribution in [3.05, 3.63) is 65.2 Å². The molecule has 3 heterocycles. The van der Waals surface area contributed by atoms with Crippen LogP contribution >= 0.6 is 11.6 Å².